The molecule has 248 valence electrons. The number of ether oxygens (including phenoxy) is 6. The molecule has 2 aromatic rings. The highest BCUT2D eigenvalue weighted by molar-refractivity contribution is 14.1. The monoisotopic (exact) mass is 754 g/mol. The van der Waals surface area contributed by atoms with Gasteiger partial charge in [0.05, 0.1) is 10.3 Å². The summed E-state index contributed by atoms with van der Waals surface area (Å²) < 4.78 is 31.6. The van der Waals surface area contributed by atoms with Crippen LogP contribution in [-0.2, 0) is 65.6 Å². The molecule has 1 fully saturated rings. The van der Waals surface area contributed by atoms with E-state index in [-0.39, 0.29) is 19.8 Å². The Kier molecular flexibility index (Phi) is 14.2. The van der Waals surface area contributed by atoms with Crippen LogP contribution in [-0.4, -0.2) is 77.0 Å². The number of hydrogen-bond donors (Lipinski definition) is 2. The summed E-state index contributed by atoms with van der Waals surface area (Å²) in [7, 11) is 0. The second-order valence-electron chi connectivity index (χ2n) is 10.1. The largest absolute Gasteiger partial charge is 0.463 e. The number of carbonyl (C=O) groups excluding carboxylic acids is 6. The Morgan fingerprint density at radius 2 is 1.30 bits per heavy atom. The average molecular weight is 755 g/mol. The van der Waals surface area contributed by atoms with Crippen molar-refractivity contribution in [2.24, 2.45) is 0 Å². The third kappa shape index (κ3) is 11.9. The smallest absolute Gasteiger partial charge is 0.408 e. The quantitative estimate of drug-likeness (QED) is 0.132. The molecule has 0 radical (unpaired) electrons. The minimum absolute atomic E-state index is 0.0815. The van der Waals surface area contributed by atoms with Crippen LogP contribution in [0.3, 0.4) is 0 Å². The third-order valence-electron chi connectivity index (χ3n) is 6.38. The summed E-state index contributed by atoms with van der Waals surface area (Å²) in [6.45, 7) is 2.90. The Hall–Kier alpha value is -4.25. The van der Waals surface area contributed by atoms with Gasteiger partial charge in [-0.15, -0.1) is 0 Å². The fraction of sp³-hybridized carbons (Fsp3) is 0.419. The lowest BCUT2D eigenvalue weighted by atomic mass is 10.00. The molecule has 1 heterocycles. The Balaban J connectivity index is 1.74. The molecule has 1 unspecified atom stereocenters. The van der Waals surface area contributed by atoms with Gasteiger partial charge in [0.2, 0.25) is 5.91 Å². The van der Waals surface area contributed by atoms with E-state index in [2.05, 4.69) is 10.6 Å². The molecule has 0 spiro atoms. The Labute approximate surface area is 278 Å². The van der Waals surface area contributed by atoms with Crippen molar-refractivity contribution in [2.45, 2.75) is 74.9 Å². The number of alkyl carbamates (subject to hydrolysis) is 1. The van der Waals surface area contributed by atoms with Crippen LogP contribution in [0.4, 0.5) is 4.79 Å². The number of alkyl halides is 1. The number of rotatable bonds is 13. The molecule has 2 amide bonds. The average Bonchev–Trinajstić information content (AvgIpc) is 3.01. The number of nitrogens with one attached hydrogen (secondary N) is 2. The summed E-state index contributed by atoms with van der Waals surface area (Å²) in [5.74, 6) is -3.69. The van der Waals surface area contributed by atoms with Crippen molar-refractivity contribution < 1.29 is 57.2 Å². The third-order valence-corrected chi connectivity index (χ3v) is 7.74. The maximum Gasteiger partial charge on any atom is 0.408 e. The van der Waals surface area contributed by atoms with Crippen molar-refractivity contribution >= 4 is 58.5 Å². The van der Waals surface area contributed by atoms with Crippen molar-refractivity contribution in [3.8, 4) is 0 Å². The van der Waals surface area contributed by atoms with Gasteiger partial charge in [0.25, 0.3) is 0 Å². The first-order chi connectivity index (χ1) is 21.9. The molecule has 6 atom stereocenters. The zero-order valence-corrected chi connectivity index (χ0v) is 27.5. The van der Waals surface area contributed by atoms with Crippen LogP contribution in [0, 0.1) is 0 Å². The molecule has 1 aliphatic rings. The van der Waals surface area contributed by atoms with Crippen LogP contribution in [0.2, 0.25) is 0 Å². The zero-order valence-electron chi connectivity index (χ0n) is 25.3. The highest BCUT2D eigenvalue weighted by atomic mass is 127. The number of amides is 2. The zero-order chi connectivity index (χ0) is 33.6. The topological polar surface area (TPSA) is 182 Å². The first-order valence-corrected chi connectivity index (χ1v) is 15.4. The van der Waals surface area contributed by atoms with Crippen molar-refractivity contribution in [3.63, 3.8) is 0 Å². The molecule has 3 rings (SSSR count). The van der Waals surface area contributed by atoms with Crippen molar-refractivity contribution in [3.05, 3.63) is 71.8 Å². The lowest BCUT2D eigenvalue weighted by Crippen LogP contribution is -2.63. The lowest BCUT2D eigenvalue weighted by Gasteiger charge is -2.43. The molecule has 0 saturated carbocycles. The summed E-state index contributed by atoms with van der Waals surface area (Å²) in [6.07, 6.45) is -6.13. The van der Waals surface area contributed by atoms with E-state index in [1.165, 1.54) is 6.92 Å². The molecule has 0 aromatic heterocycles. The van der Waals surface area contributed by atoms with Gasteiger partial charge in [-0.2, -0.15) is 0 Å². The molecule has 2 aromatic carbocycles. The SMILES string of the molecule is CC(=O)OC[C@H]1O[C@@H](NC(=O)CC(NC(=O)OCc2ccccc2)C(=O)OCc2ccccc2)[C@H](I)[C@@H](OC(C)=O)[C@@H]1OC(C)=O. The Bertz CT molecular complexity index is 1360. The van der Waals surface area contributed by atoms with Crippen molar-refractivity contribution in [1.82, 2.24) is 10.6 Å². The summed E-state index contributed by atoms with van der Waals surface area (Å²) in [5, 5.41) is 5.00. The normalized spacial score (nSPS) is 21.1. The highest BCUT2D eigenvalue weighted by Gasteiger charge is 2.50. The fourth-order valence-corrected chi connectivity index (χ4v) is 5.25. The summed E-state index contributed by atoms with van der Waals surface area (Å²) >= 11 is 1.87. The van der Waals surface area contributed by atoms with Crippen molar-refractivity contribution in [1.29, 1.82) is 0 Å². The van der Waals surface area contributed by atoms with Gasteiger partial charge in [0.1, 0.15) is 38.2 Å². The van der Waals surface area contributed by atoms with Gasteiger partial charge in [0, 0.05) is 20.8 Å². The van der Waals surface area contributed by atoms with Crippen LogP contribution in [0.15, 0.2) is 60.7 Å². The summed E-state index contributed by atoms with van der Waals surface area (Å²) in [4.78, 5) is 74.3. The standard InChI is InChI=1S/C31H35IN2O12/c1-18(35)41-17-24-27(44-19(2)36)28(45-20(3)37)26(32)29(46-24)34-25(38)14-23(30(39)42-15-21-10-6-4-7-11-21)33-31(40)43-16-22-12-8-5-9-13-22/h4-13,23-24,26-29H,14-17H2,1-3H3,(H,33,40)(H,34,38)/t23?,24-,26-,27-,28-,29-/m1/s1. The van der Waals surface area contributed by atoms with Crippen LogP contribution in [0.5, 0.6) is 0 Å². The predicted molar refractivity (Wildman–Crippen MR) is 167 cm³/mol. The lowest BCUT2D eigenvalue weighted by molar-refractivity contribution is -0.214. The van der Waals surface area contributed by atoms with Crippen LogP contribution >= 0.6 is 22.6 Å². The minimum atomic E-state index is -1.46. The molecule has 15 heteroatoms. The van der Waals surface area contributed by atoms with Gasteiger partial charge in [-0.05, 0) is 11.1 Å². The molecule has 1 saturated heterocycles. The van der Waals surface area contributed by atoms with Crippen molar-refractivity contribution in [2.75, 3.05) is 6.61 Å². The predicted octanol–water partition coefficient (Wildman–Crippen LogP) is 2.49. The van der Waals surface area contributed by atoms with Crippen LogP contribution in [0.25, 0.3) is 0 Å². The van der Waals surface area contributed by atoms with E-state index in [0.29, 0.717) is 11.1 Å². The van der Waals surface area contributed by atoms with Gasteiger partial charge < -0.3 is 39.1 Å². The Morgan fingerprint density at radius 3 is 1.85 bits per heavy atom. The second-order valence-corrected chi connectivity index (χ2v) is 11.6. The van der Waals surface area contributed by atoms with Gasteiger partial charge in [-0.1, -0.05) is 83.3 Å². The van der Waals surface area contributed by atoms with E-state index >= 15 is 0 Å². The molecular weight excluding hydrogens is 719 g/mol. The van der Waals surface area contributed by atoms with Crippen LogP contribution < -0.4 is 10.6 Å². The number of benzene rings is 2. The number of hydrogen-bond acceptors (Lipinski definition) is 12. The first-order valence-electron chi connectivity index (χ1n) is 14.2. The molecular formula is C31H35IN2O12. The number of carbonyl (C=O) groups is 6. The first kappa shape index (κ1) is 36.2. The van der Waals surface area contributed by atoms with E-state index in [1.54, 1.807) is 60.7 Å². The van der Waals surface area contributed by atoms with Gasteiger partial charge in [-0.25, -0.2) is 9.59 Å². The van der Waals surface area contributed by atoms with E-state index in [9.17, 15) is 28.8 Å². The van der Waals surface area contributed by atoms with E-state index < -0.39 is 76.8 Å². The second kappa shape index (κ2) is 18.0. The molecule has 0 aliphatic carbocycles. The minimum Gasteiger partial charge on any atom is -0.463 e. The van der Waals surface area contributed by atoms with Gasteiger partial charge in [0.15, 0.2) is 12.2 Å². The van der Waals surface area contributed by atoms with E-state index in [1.807, 2.05) is 22.6 Å². The van der Waals surface area contributed by atoms with Crippen LogP contribution in [0.1, 0.15) is 38.3 Å². The maximum atomic E-state index is 13.3. The molecule has 1 aliphatic heterocycles. The molecule has 0 bridgehead atoms. The maximum absolute atomic E-state index is 13.3. The van der Waals surface area contributed by atoms with Gasteiger partial charge >= 0.3 is 30.0 Å². The Morgan fingerprint density at radius 1 is 0.761 bits per heavy atom. The number of esters is 4. The molecule has 2 N–H and O–H groups in total. The van der Waals surface area contributed by atoms with E-state index in [0.717, 1.165) is 13.8 Å². The molecule has 14 nitrogen and oxygen atoms in total. The summed E-state index contributed by atoms with van der Waals surface area (Å²) in [5.41, 5.74) is 1.39. The fourth-order valence-electron chi connectivity index (χ4n) is 4.34. The highest BCUT2D eigenvalue weighted by Crippen LogP contribution is 2.31. The number of halogens is 1. The van der Waals surface area contributed by atoms with Gasteiger partial charge in [-0.3, -0.25) is 19.2 Å². The summed E-state index contributed by atoms with van der Waals surface area (Å²) in [6, 6.07) is 16.2. The van der Waals surface area contributed by atoms with E-state index in [4.69, 9.17) is 28.4 Å². The molecule has 46 heavy (non-hydrogen) atoms.